The van der Waals surface area contributed by atoms with Crippen LogP contribution in [0.3, 0.4) is 0 Å². The van der Waals surface area contributed by atoms with Crippen LogP contribution in [0.4, 0.5) is 4.79 Å². The van der Waals surface area contributed by atoms with Crippen LogP contribution in [0, 0.1) is 0 Å². The molecule has 0 spiro atoms. The molecule has 1 aromatic rings. The Kier molecular flexibility index (Phi) is 7.50. The smallest absolute Gasteiger partial charge is 0.407 e. The molecule has 19 heavy (non-hydrogen) atoms. The molecule has 0 saturated carbocycles. The fraction of sp³-hybridized carbons (Fsp3) is 0.385. The van der Waals surface area contributed by atoms with Crippen LogP contribution < -0.4 is 10.6 Å². The Bertz CT molecular complexity index is 398. The van der Waals surface area contributed by atoms with E-state index < -0.39 is 6.09 Å². The zero-order valence-corrected chi connectivity index (χ0v) is 11.5. The highest BCUT2D eigenvalue weighted by atomic mass is 32.1. The van der Waals surface area contributed by atoms with E-state index in [0.717, 1.165) is 5.56 Å². The summed E-state index contributed by atoms with van der Waals surface area (Å²) in [6, 6.07) is 9.40. The topological polar surface area (TPSA) is 67.4 Å². The van der Waals surface area contributed by atoms with E-state index in [4.69, 9.17) is 4.74 Å². The van der Waals surface area contributed by atoms with Gasteiger partial charge < -0.3 is 15.4 Å². The molecule has 1 rings (SSSR count). The predicted octanol–water partition coefficient (Wildman–Crippen LogP) is 1.35. The monoisotopic (exact) mass is 282 g/mol. The molecule has 0 aliphatic rings. The largest absolute Gasteiger partial charge is 0.445 e. The quantitative estimate of drug-likeness (QED) is 0.661. The van der Waals surface area contributed by atoms with Gasteiger partial charge in [0.25, 0.3) is 0 Å². The number of alkyl carbamates (subject to hydrolysis) is 1. The molecule has 0 atom stereocenters. The van der Waals surface area contributed by atoms with Gasteiger partial charge in [-0.25, -0.2) is 4.79 Å². The highest BCUT2D eigenvalue weighted by Gasteiger charge is 2.04. The second kappa shape index (κ2) is 9.27. The summed E-state index contributed by atoms with van der Waals surface area (Å²) in [6.07, 6.45) is -0.292. The molecule has 0 aliphatic heterocycles. The summed E-state index contributed by atoms with van der Waals surface area (Å²) in [5.74, 6) is 0.482. The van der Waals surface area contributed by atoms with Crippen LogP contribution in [0.15, 0.2) is 30.3 Å². The molecule has 1 aromatic carbocycles. The van der Waals surface area contributed by atoms with Gasteiger partial charge in [0.2, 0.25) is 5.91 Å². The fourth-order valence-corrected chi connectivity index (χ4v) is 1.45. The molecule has 0 heterocycles. The van der Waals surface area contributed by atoms with Crippen molar-refractivity contribution in [3.05, 3.63) is 35.9 Å². The van der Waals surface area contributed by atoms with Crippen LogP contribution in [0.1, 0.15) is 12.0 Å². The first kappa shape index (κ1) is 15.4. The minimum Gasteiger partial charge on any atom is -0.445 e. The van der Waals surface area contributed by atoms with Gasteiger partial charge in [0.1, 0.15) is 6.61 Å². The third kappa shape index (κ3) is 7.35. The minimum atomic E-state index is -0.522. The standard InChI is InChI=1S/C13H18N2O3S/c16-12(14-8-9-19)6-7-15-13(17)18-10-11-4-2-1-3-5-11/h1-5,19H,6-10H2,(H,14,16)(H,15,17). The third-order valence-corrected chi connectivity index (χ3v) is 2.49. The number of benzene rings is 1. The van der Waals surface area contributed by atoms with Crippen molar-refractivity contribution in [3.63, 3.8) is 0 Å². The summed E-state index contributed by atoms with van der Waals surface area (Å²) < 4.78 is 5.00. The number of ether oxygens (including phenoxy) is 1. The van der Waals surface area contributed by atoms with E-state index in [1.54, 1.807) is 0 Å². The second-order valence-electron chi connectivity index (χ2n) is 3.81. The molecule has 0 unspecified atom stereocenters. The number of nitrogens with one attached hydrogen (secondary N) is 2. The molecule has 104 valence electrons. The number of thiol groups is 1. The van der Waals surface area contributed by atoms with Crippen LogP contribution in [0.25, 0.3) is 0 Å². The molecule has 0 fully saturated rings. The van der Waals surface area contributed by atoms with Gasteiger partial charge >= 0.3 is 6.09 Å². The zero-order valence-electron chi connectivity index (χ0n) is 10.6. The maximum absolute atomic E-state index is 11.3. The van der Waals surface area contributed by atoms with Gasteiger partial charge in [-0.2, -0.15) is 12.6 Å². The second-order valence-corrected chi connectivity index (χ2v) is 4.26. The molecule has 2 amide bonds. The maximum Gasteiger partial charge on any atom is 0.407 e. The first-order valence-electron chi connectivity index (χ1n) is 6.04. The van der Waals surface area contributed by atoms with E-state index in [0.29, 0.717) is 12.3 Å². The Morgan fingerprint density at radius 2 is 1.84 bits per heavy atom. The van der Waals surface area contributed by atoms with Crippen LogP contribution in [0.2, 0.25) is 0 Å². The summed E-state index contributed by atoms with van der Waals surface area (Å²) in [5.41, 5.74) is 0.921. The van der Waals surface area contributed by atoms with Gasteiger partial charge in [0.15, 0.2) is 0 Å². The number of amides is 2. The van der Waals surface area contributed by atoms with Crippen LogP contribution in [0.5, 0.6) is 0 Å². The fourth-order valence-electron chi connectivity index (χ4n) is 1.34. The average molecular weight is 282 g/mol. The minimum absolute atomic E-state index is 0.114. The molecule has 6 heteroatoms. The number of hydrogen-bond donors (Lipinski definition) is 3. The van der Waals surface area contributed by atoms with Crippen molar-refractivity contribution >= 4 is 24.6 Å². The van der Waals surface area contributed by atoms with Gasteiger partial charge in [0.05, 0.1) is 0 Å². The van der Waals surface area contributed by atoms with Gasteiger partial charge in [-0.05, 0) is 5.56 Å². The molecular weight excluding hydrogens is 264 g/mol. The Hall–Kier alpha value is -1.69. The first-order chi connectivity index (χ1) is 9.22. The summed E-state index contributed by atoms with van der Waals surface area (Å²) >= 11 is 3.98. The molecule has 5 nitrogen and oxygen atoms in total. The summed E-state index contributed by atoms with van der Waals surface area (Å²) in [7, 11) is 0. The van der Waals surface area contributed by atoms with Gasteiger partial charge in [0, 0.05) is 25.3 Å². The van der Waals surface area contributed by atoms with Crippen LogP contribution in [-0.2, 0) is 16.1 Å². The third-order valence-electron chi connectivity index (χ3n) is 2.27. The van der Waals surface area contributed by atoms with Crippen molar-refractivity contribution in [2.24, 2.45) is 0 Å². The lowest BCUT2D eigenvalue weighted by Gasteiger charge is -2.07. The Morgan fingerprint density at radius 1 is 1.11 bits per heavy atom. The van der Waals surface area contributed by atoms with E-state index in [2.05, 4.69) is 23.3 Å². The van der Waals surface area contributed by atoms with Crippen molar-refractivity contribution < 1.29 is 14.3 Å². The summed E-state index contributed by atoms with van der Waals surface area (Å²) in [4.78, 5) is 22.6. The first-order valence-corrected chi connectivity index (χ1v) is 6.67. The predicted molar refractivity (Wildman–Crippen MR) is 76.1 cm³/mol. The average Bonchev–Trinajstić information content (AvgIpc) is 2.44. The van der Waals surface area contributed by atoms with Gasteiger partial charge in [-0.15, -0.1) is 0 Å². The van der Waals surface area contributed by atoms with Crippen molar-refractivity contribution in [1.82, 2.24) is 10.6 Å². The molecule has 0 bridgehead atoms. The maximum atomic E-state index is 11.3. The van der Waals surface area contributed by atoms with E-state index >= 15 is 0 Å². The van der Waals surface area contributed by atoms with Crippen molar-refractivity contribution in [2.45, 2.75) is 13.0 Å². The number of hydrogen-bond acceptors (Lipinski definition) is 4. The Labute approximate surface area is 118 Å². The number of carbonyl (C=O) groups is 2. The lowest BCUT2D eigenvalue weighted by atomic mass is 10.2. The SMILES string of the molecule is O=C(CCNC(=O)OCc1ccccc1)NCCS. The lowest BCUT2D eigenvalue weighted by molar-refractivity contribution is -0.120. The number of rotatable bonds is 7. The summed E-state index contributed by atoms with van der Waals surface area (Å²) in [6.45, 7) is 1.00. The molecule has 0 radical (unpaired) electrons. The molecule has 0 aliphatic carbocycles. The Morgan fingerprint density at radius 3 is 2.53 bits per heavy atom. The van der Waals surface area contributed by atoms with Crippen molar-refractivity contribution in [2.75, 3.05) is 18.8 Å². The zero-order chi connectivity index (χ0) is 13.9. The highest BCUT2D eigenvalue weighted by molar-refractivity contribution is 7.80. The Balaban J connectivity index is 2.10. The van der Waals surface area contributed by atoms with E-state index in [-0.39, 0.29) is 25.5 Å². The van der Waals surface area contributed by atoms with Gasteiger partial charge in [-0.1, -0.05) is 30.3 Å². The van der Waals surface area contributed by atoms with E-state index in [1.165, 1.54) is 0 Å². The van der Waals surface area contributed by atoms with Gasteiger partial charge in [-0.3, -0.25) is 4.79 Å². The lowest BCUT2D eigenvalue weighted by Crippen LogP contribution is -2.31. The van der Waals surface area contributed by atoms with E-state index in [1.807, 2.05) is 30.3 Å². The normalized spacial score (nSPS) is 9.74. The van der Waals surface area contributed by atoms with Crippen molar-refractivity contribution in [3.8, 4) is 0 Å². The number of carbonyl (C=O) groups excluding carboxylic acids is 2. The van der Waals surface area contributed by atoms with Crippen LogP contribution >= 0.6 is 12.6 Å². The van der Waals surface area contributed by atoms with Crippen molar-refractivity contribution in [1.29, 1.82) is 0 Å². The summed E-state index contributed by atoms with van der Waals surface area (Å²) in [5, 5.41) is 5.18. The molecular formula is C13H18N2O3S. The van der Waals surface area contributed by atoms with Crippen LogP contribution in [-0.4, -0.2) is 30.8 Å². The molecule has 0 aromatic heterocycles. The molecule has 2 N–H and O–H groups in total. The molecule has 0 saturated heterocycles. The van der Waals surface area contributed by atoms with E-state index in [9.17, 15) is 9.59 Å². The highest BCUT2D eigenvalue weighted by Crippen LogP contribution is 2.00.